The van der Waals surface area contributed by atoms with Crippen LogP contribution in [0.3, 0.4) is 0 Å². The van der Waals surface area contributed by atoms with E-state index in [2.05, 4.69) is 35.7 Å². The van der Waals surface area contributed by atoms with Crippen LogP contribution in [-0.4, -0.2) is 62.4 Å². The standard InChI is InChI=1S/C13H13F3N8OS/c14-13(15,16)11-20-19-10-2-1-9(22-24(10)11)17-5-8-6-23(3-4-25-8)12-21-18-7-26-12/h1-2,7-8H,3-6H2,(H,17,22)/t8-/m1/s1. The summed E-state index contributed by atoms with van der Waals surface area (Å²) in [6, 6.07) is 2.97. The van der Waals surface area contributed by atoms with Crippen LogP contribution >= 0.6 is 11.3 Å². The lowest BCUT2D eigenvalue weighted by atomic mass is 10.3. The molecule has 4 rings (SSSR count). The molecule has 3 aromatic rings. The van der Waals surface area contributed by atoms with Crippen molar-refractivity contribution in [2.75, 3.05) is 36.5 Å². The van der Waals surface area contributed by atoms with Gasteiger partial charge in [0.2, 0.25) is 5.13 Å². The van der Waals surface area contributed by atoms with E-state index in [1.165, 1.54) is 17.4 Å². The van der Waals surface area contributed by atoms with Crippen LogP contribution in [0.15, 0.2) is 17.6 Å². The predicted octanol–water partition coefficient (Wildman–Crippen LogP) is 1.31. The Bertz CT molecular complexity index is 883. The van der Waals surface area contributed by atoms with Gasteiger partial charge in [-0.15, -0.1) is 25.5 Å². The average molecular weight is 386 g/mol. The molecule has 1 aliphatic rings. The fraction of sp³-hybridized carbons (Fsp3) is 0.462. The highest BCUT2D eigenvalue weighted by atomic mass is 32.1. The van der Waals surface area contributed by atoms with E-state index in [1.807, 2.05) is 0 Å². The third kappa shape index (κ3) is 3.39. The summed E-state index contributed by atoms with van der Waals surface area (Å²) in [5.41, 5.74) is 1.69. The fourth-order valence-corrected chi connectivity index (χ4v) is 3.20. The van der Waals surface area contributed by atoms with E-state index >= 15 is 0 Å². The largest absolute Gasteiger partial charge is 0.453 e. The lowest BCUT2D eigenvalue weighted by Crippen LogP contribution is -2.45. The molecule has 26 heavy (non-hydrogen) atoms. The number of nitrogens with one attached hydrogen (secondary N) is 1. The molecule has 1 N–H and O–H groups in total. The number of hydrogen-bond acceptors (Lipinski definition) is 9. The lowest BCUT2D eigenvalue weighted by molar-refractivity contribution is -0.146. The Morgan fingerprint density at radius 3 is 2.92 bits per heavy atom. The number of anilines is 2. The molecular weight excluding hydrogens is 373 g/mol. The van der Waals surface area contributed by atoms with Crippen molar-refractivity contribution in [2.24, 2.45) is 0 Å². The van der Waals surface area contributed by atoms with Gasteiger partial charge in [-0.1, -0.05) is 11.3 Å². The number of halogens is 3. The van der Waals surface area contributed by atoms with Crippen LogP contribution in [0.25, 0.3) is 5.65 Å². The summed E-state index contributed by atoms with van der Waals surface area (Å²) in [6.45, 7) is 2.23. The molecule has 1 atom stereocenters. The number of ether oxygens (including phenoxy) is 1. The molecule has 0 spiro atoms. The van der Waals surface area contributed by atoms with Crippen molar-refractivity contribution in [3.05, 3.63) is 23.5 Å². The zero-order chi connectivity index (χ0) is 18.1. The maximum atomic E-state index is 12.9. The zero-order valence-corrected chi connectivity index (χ0v) is 14.0. The van der Waals surface area contributed by atoms with Gasteiger partial charge in [0.1, 0.15) is 11.3 Å². The van der Waals surface area contributed by atoms with E-state index in [1.54, 1.807) is 11.6 Å². The van der Waals surface area contributed by atoms with Crippen LogP contribution in [0.5, 0.6) is 0 Å². The number of rotatable bonds is 4. The Morgan fingerprint density at radius 1 is 1.27 bits per heavy atom. The summed E-state index contributed by atoms with van der Waals surface area (Å²) < 4.78 is 45.1. The molecule has 3 aromatic heterocycles. The first-order chi connectivity index (χ1) is 12.5. The van der Waals surface area contributed by atoms with E-state index in [4.69, 9.17) is 4.74 Å². The Labute approximate surface area is 148 Å². The monoisotopic (exact) mass is 386 g/mol. The van der Waals surface area contributed by atoms with Gasteiger partial charge in [0, 0.05) is 19.6 Å². The second kappa shape index (κ2) is 6.64. The van der Waals surface area contributed by atoms with Gasteiger partial charge in [-0.25, -0.2) is 0 Å². The third-order valence-electron chi connectivity index (χ3n) is 3.79. The highest BCUT2D eigenvalue weighted by molar-refractivity contribution is 7.13. The summed E-state index contributed by atoms with van der Waals surface area (Å²) in [7, 11) is 0. The summed E-state index contributed by atoms with van der Waals surface area (Å²) >= 11 is 1.44. The first-order valence-electron chi connectivity index (χ1n) is 7.67. The third-order valence-corrected chi connectivity index (χ3v) is 4.54. The van der Waals surface area contributed by atoms with Crippen molar-refractivity contribution in [3.8, 4) is 0 Å². The van der Waals surface area contributed by atoms with Crippen LogP contribution < -0.4 is 10.2 Å². The quantitative estimate of drug-likeness (QED) is 0.718. The average Bonchev–Trinajstić information content (AvgIpc) is 3.29. The maximum absolute atomic E-state index is 12.9. The second-order valence-corrected chi connectivity index (χ2v) is 6.36. The van der Waals surface area contributed by atoms with Crippen molar-refractivity contribution < 1.29 is 17.9 Å². The highest BCUT2D eigenvalue weighted by Crippen LogP contribution is 2.27. The van der Waals surface area contributed by atoms with E-state index in [9.17, 15) is 13.2 Å². The second-order valence-electron chi connectivity index (χ2n) is 5.55. The van der Waals surface area contributed by atoms with E-state index in [0.717, 1.165) is 5.13 Å². The molecule has 1 fully saturated rings. The number of alkyl halides is 3. The predicted molar refractivity (Wildman–Crippen MR) is 86.1 cm³/mol. The van der Waals surface area contributed by atoms with Gasteiger partial charge in [-0.2, -0.15) is 17.7 Å². The van der Waals surface area contributed by atoms with Crippen LogP contribution in [0.2, 0.25) is 0 Å². The molecule has 0 amide bonds. The Kier molecular flexibility index (Phi) is 4.32. The molecule has 0 aromatic carbocycles. The molecule has 13 heteroatoms. The normalized spacial score (nSPS) is 18.4. The number of nitrogens with zero attached hydrogens (tertiary/aromatic N) is 7. The molecule has 4 heterocycles. The number of aromatic nitrogens is 6. The minimum Gasteiger partial charge on any atom is -0.373 e. The molecule has 1 saturated heterocycles. The number of morpholine rings is 1. The summed E-state index contributed by atoms with van der Waals surface area (Å²) in [4.78, 5) is 2.06. The van der Waals surface area contributed by atoms with Gasteiger partial charge in [-0.3, -0.25) is 0 Å². The molecular formula is C13H13F3N8OS. The minimum absolute atomic E-state index is 0.0271. The van der Waals surface area contributed by atoms with Gasteiger partial charge in [0.25, 0.3) is 5.82 Å². The van der Waals surface area contributed by atoms with Crippen LogP contribution in [0, 0.1) is 0 Å². The Hall–Kier alpha value is -2.54. The van der Waals surface area contributed by atoms with Gasteiger partial charge < -0.3 is 15.0 Å². The van der Waals surface area contributed by atoms with E-state index in [0.29, 0.717) is 30.8 Å². The first kappa shape index (κ1) is 16.9. The number of fused-ring (bicyclic) bond motifs is 1. The molecule has 0 unspecified atom stereocenters. The van der Waals surface area contributed by atoms with Gasteiger partial charge >= 0.3 is 6.18 Å². The van der Waals surface area contributed by atoms with Gasteiger partial charge in [0.15, 0.2) is 5.65 Å². The van der Waals surface area contributed by atoms with Crippen LogP contribution in [0.1, 0.15) is 5.82 Å². The molecule has 138 valence electrons. The molecule has 0 bridgehead atoms. The molecule has 9 nitrogen and oxygen atoms in total. The van der Waals surface area contributed by atoms with Crippen molar-refractivity contribution in [3.63, 3.8) is 0 Å². The Balaban J connectivity index is 1.44. The van der Waals surface area contributed by atoms with Crippen molar-refractivity contribution >= 4 is 27.9 Å². The molecule has 1 aliphatic heterocycles. The SMILES string of the molecule is FC(F)(F)c1nnc2ccc(NC[C@@H]3CN(c4nncs4)CCO3)nn12. The van der Waals surface area contributed by atoms with Crippen molar-refractivity contribution in [1.29, 1.82) is 0 Å². The molecule has 0 radical (unpaired) electrons. The summed E-state index contributed by atoms with van der Waals surface area (Å²) in [5, 5.41) is 22.2. The highest BCUT2D eigenvalue weighted by Gasteiger charge is 2.37. The van der Waals surface area contributed by atoms with Gasteiger partial charge in [0.05, 0.1) is 12.7 Å². The smallest absolute Gasteiger partial charge is 0.373 e. The topological polar surface area (TPSA) is 93.4 Å². The van der Waals surface area contributed by atoms with Crippen molar-refractivity contribution in [2.45, 2.75) is 12.3 Å². The van der Waals surface area contributed by atoms with E-state index < -0.39 is 12.0 Å². The van der Waals surface area contributed by atoms with Gasteiger partial charge in [-0.05, 0) is 12.1 Å². The molecule has 0 saturated carbocycles. The summed E-state index contributed by atoms with van der Waals surface area (Å²) in [6.07, 6.45) is -4.78. The maximum Gasteiger partial charge on any atom is 0.453 e. The molecule has 0 aliphatic carbocycles. The lowest BCUT2D eigenvalue weighted by Gasteiger charge is -2.32. The van der Waals surface area contributed by atoms with Crippen molar-refractivity contribution in [1.82, 2.24) is 30.0 Å². The number of hydrogen-bond donors (Lipinski definition) is 1. The zero-order valence-electron chi connectivity index (χ0n) is 13.2. The summed E-state index contributed by atoms with van der Waals surface area (Å²) in [5.74, 6) is -0.882. The van der Waals surface area contributed by atoms with Crippen LogP contribution in [-0.2, 0) is 10.9 Å². The van der Waals surface area contributed by atoms with E-state index in [-0.39, 0.29) is 17.6 Å². The van der Waals surface area contributed by atoms with Crippen LogP contribution in [0.4, 0.5) is 24.1 Å². The first-order valence-corrected chi connectivity index (χ1v) is 8.55. The fourth-order valence-electron chi connectivity index (χ4n) is 2.60. The Morgan fingerprint density at radius 2 is 2.15 bits per heavy atom. The minimum atomic E-state index is -4.63.